The van der Waals surface area contributed by atoms with Crippen molar-refractivity contribution >= 4 is 11.0 Å². The molecule has 1 saturated heterocycles. The first-order valence-electron chi connectivity index (χ1n) is 6.17. The SMILES string of the molecule is CCn1c(C2(N)CCOC2)nc2cc(F)ccc21. The van der Waals surface area contributed by atoms with E-state index in [4.69, 9.17) is 10.5 Å². The smallest absolute Gasteiger partial charge is 0.132 e. The van der Waals surface area contributed by atoms with Crippen LogP contribution in [0.25, 0.3) is 11.0 Å². The van der Waals surface area contributed by atoms with Crippen LogP contribution in [0.2, 0.25) is 0 Å². The largest absolute Gasteiger partial charge is 0.379 e. The van der Waals surface area contributed by atoms with Gasteiger partial charge in [-0.25, -0.2) is 9.37 Å². The van der Waals surface area contributed by atoms with Gasteiger partial charge in [0, 0.05) is 19.2 Å². The van der Waals surface area contributed by atoms with Crippen LogP contribution in [0, 0.1) is 5.82 Å². The van der Waals surface area contributed by atoms with Gasteiger partial charge in [0.15, 0.2) is 0 Å². The van der Waals surface area contributed by atoms with Gasteiger partial charge in [0.25, 0.3) is 0 Å². The summed E-state index contributed by atoms with van der Waals surface area (Å²) >= 11 is 0. The minimum Gasteiger partial charge on any atom is -0.379 e. The third-order valence-electron chi connectivity index (χ3n) is 3.52. The predicted octanol–water partition coefficient (Wildman–Crippen LogP) is 1.77. The third-order valence-corrected chi connectivity index (χ3v) is 3.52. The van der Waals surface area contributed by atoms with Gasteiger partial charge in [-0.3, -0.25) is 0 Å². The number of fused-ring (bicyclic) bond motifs is 1. The summed E-state index contributed by atoms with van der Waals surface area (Å²) in [4.78, 5) is 4.52. The Labute approximate surface area is 105 Å². The first kappa shape index (κ1) is 11.6. The van der Waals surface area contributed by atoms with Crippen molar-refractivity contribution in [1.82, 2.24) is 9.55 Å². The van der Waals surface area contributed by atoms with E-state index in [-0.39, 0.29) is 5.82 Å². The van der Waals surface area contributed by atoms with Crippen LogP contribution in [0.5, 0.6) is 0 Å². The Morgan fingerprint density at radius 2 is 2.39 bits per heavy atom. The van der Waals surface area contributed by atoms with Crippen LogP contribution in [0.1, 0.15) is 19.2 Å². The first-order chi connectivity index (χ1) is 8.64. The maximum Gasteiger partial charge on any atom is 0.132 e. The molecule has 1 unspecified atom stereocenters. The molecule has 1 aromatic heterocycles. The molecule has 1 atom stereocenters. The van der Waals surface area contributed by atoms with E-state index in [0.717, 1.165) is 24.3 Å². The van der Waals surface area contributed by atoms with E-state index in [0.29, 0.717) is 18.7 Å². The molecule has 4 nitrogen and oxygen atoms in total. The van der Waals surface area contributed by atoms with Crippen molar-refractivity contribution in [3.63, 3.8) is 0 Å². The van der Waals surface area contributed by atoms with Crippen LogP contribution in [-0.2, 0) is 16.8 Å². The van der Waals surface area contributed by atoms with Crippen molar-refractivity contribution in [2.45, 2.75) is 25.4 Å². The third kappa shape index (κ3) is 1.62. The molecule has 1 fully saturated rings. The standard InChI is InChI=1S/C13H16FN3O/c1-2-17-11-4-3-9(14)7-10(11)16-12(17)13(15)5-6-18-8-13/h3-4,7H,2,5-6,8,15H2,1H3. The molecular formula is C13H16FN3O. The van der Waals surface area contributed by atoms with E-state index in [9.17, 15) is 4.39 Å². The molecule has 1 aromatic carbocycles. The monoisotopic (exact) mass is 249 g/mol. The number of nitrogens with zero attached hydrogens (tertiary/aromatic N) is 2. The molecule has 5 heteroatoms. The highest BCUT2D eigenvalue weighted by Gasteiger charge is 2.37. The van der Waals surface area contributed by atoms with Crippen LogP contribution in [0.15, 0.2) is 18.2 Å². The molecular weight excluding hydrogens is 233 g/mol. The highest BCUT2D eigenvalue weighted by Crippen LogP contribution is 2.30. The average Bonchev–Trinajstić information content (AvgIpc) is 2.93. The Balaban J connectivity index is 2.22. The number of nitrogens with two attached hydrogens (primary N) is 1. The van der Waals surface area contributed by atoms with Gasteiger partial charge in [-0.2, -0.15) is 0 Å². The highest BCUT2D eigenvalue weighted by atomic mass is 19.1. The average molecular weight is 249 g/mol. The maximum atomic E-state index is 13.2. The summed E-state index contributed by atoms with van der Waals surface area (Å²) in [5.74, 6) is 0.520. The second kappa shape index (κ2) is 4.03. The molecule has 96 valence electrons. The zero-order chi connectivity index (χ0) is 12.8. The molecule has 18 heavy (non-hydrogen) atoms. The minimum atomic E-state index is -0.550. The molecule has 0 aliphatic carbocycles. The molecule has 0 saturated carbocycles. The van der Waals surface area contributed by atoms with Gasteiger partial charge in [0.05, 0.1) is 17.6 Å². The lowest BCUT2D eigenvalue weighted by Crippen LogP contribution is -2.40. The number of hydrogen-bond donors (Lipinski definition) is 1. The van der Waals surface area contributed by atoms with Gasteiger partial charge in [0.1, 0.15) is 17.2 Å². The molecule has 1 aliphatic heterocycles. The fourth-order valence-electron chi connectivity index (χ4n) is 2.56. The summed E-state index contributed by atoms with van der Waals surface area (Å²) in [5, 5.41) is 0. The Hall–Kier alpha value is -1.46. The molecule has 2 N–H and O–H groups in total. The first-order valence-corrected chi connectivity index (χ1v) is 6.17. The van der Waals surface area contributed by atoms with Gasteiger partial charge < -0.3 is 15.0 Å². The van der Waals surface area contributed by atoms with E-state index < -0.39 is 5.54 Å². The van der Waals surface area contributed by atoms with Crippen molar-refractivity contribution in [2.75, 3.05) is 13.2 Å². The number of aryl methyl sites for hydroxylation is 1. The van der Waals surface area contributed by atoms with E-state index >= 15 is 0 Å². The molecule has 0 spiro atoms. The summed E-state index contributed by atoms with van der Waals surface area (Å²) in [6, 6.07) is 4.66. The van der Waals surface area contributed by atoms with Crippen LogP contribution in [-0.4, -0.2) is 22.8 Å². The van der Waals surface area contributed by atoms with Crippen LogP contribution in [0.3, 0.4) is 0 Å². The Bertz CT molecular complexity index is 587. The van der Waals surface area contributed by atoms with E-state index in [1.165, 1.54) is 12.1 Å². The van der Waals surface area contributed by atoms with Gasteiger partial charge in [-0.1, -0.05) is 0 Å². The Morgan fingerprint density at radius 1 is 1.56 bits per heavy atom. The van der Waals surface area contributed by atoms with Gasteiger partial charge >= 0.3 is 0 Å². The highest BCUT2D eigenvalue weighted by molar-refractivity contribution is 5.76. The number of imidazole rings is 1. The van der Waals surface area contributed by atoms with Gasteiger partial charge in [-0.15, -0.1) is 0 Å². The summed E-state index contributed by atoms with van der Waals surface area (Å²) < 4.78 is 20.7. The van der Waals surface area contributed by atoms with Crippen molar-refractivity contribution < 1.29 is 9.13 Å². The Morgan fingerprint density at radius 3 is 3.06 bits per heavy atom. The summed E-state index contributed by atoms with van der Waals surface area (Å²) in [5.41, 5.74) is 7.38. The number of rotatable bonds is 2. The fraction of sp³-hybridized carbons (Fsp3) is 0.462. The van der Waals surface area contributed by atoms with Crippen molar-refractivity contribution in [1.29, 1.82) is 0 Å². The summed E-state index contributed by atoms with van der Waals surface area (Å²) in [7, 11) is 0. The number of halogens is 1. The number of aromatic nitrogens is 2. The number of ether oxygens (including phenoxy) is 1. The van der Waals surface area contributed by atoms with Crippen molar-refractivity contribution in [3.05, 3.63) is 29.8 Å². The zero-order valence-corrected chi connectivity index (χ0v) is 10.3. The van der Waals surface area contributed by atoms with E-state index in [1.54, 1.807) is 6.07 Å². The topological polar surface area (TPSA) is 53.1 Å². The quantitative estimate of drug-likeness (QED) is 0.882. The van der Waals surface area contributed by atoms with Crippen LogP contribution >= 0.6 is 0 Å². The van der Waals surface area contributed by atoms with E-state index in [2.05, 4.69) is 4.98 Å². The lowest BCUT2D eigenvalue weighted by atomic mass is 9.99. The number of hydrogen-bond acceptors (Lipinski definition) is 3. The maximum absolute atomic E-state index is 13.2. The van der Waals surface area contributed by atoms with Gasteiger partial charge in [0.2, 0.25) is 0 Å². The normalized spacial score (nSPS) is 23.9. The molecule has 0 radical (unpaired) electrons. The molecule has 0 bridgehead atoms. The fourth-order valence-corrected chi connectivity index (χ4v) is 2.56. The van der Waals surface area contributed by atoms with Crippen LogP contribution < -0.4 is 5.73 Å². The Kier molecular flexibility index (Phi) is 2.60. The second-order valence-electron chi connectivity index (χ2n) is 4.77. The molecule has 3 rings (SSSR count). The minimum absolute atomic E-state index is 0.274. The molecule has 2 heterocycles. The van der Waals surface area contributed by atoms with Gasteiger partial charge in [-0.05, 0) is 25.5 Å². The lowest BCUT2D eigenvalue weighted by Gasteiger charge is -2.22. The zero-order valence-electron chi connectivity index (χ0n) is 10.3. The van der Waals surface area contributed by atoms with E-state index in [1.807, 2.05) is 11.5 Å². The van der Waals surface area contributed by atoms with Crippen molar-refractivity contribution in [3.8, 4) is 0 Å². The molecule has 0 amide bonds. The summed E-state index contributed by atoms with van der Waals surface area (Å²) in [6.07, 6.45) is 0.749. The molecule has 1 aliphatic rings. The van der Waals surface area contributed by atoms with Crippen molar-refractivity contribution in [2.24, 2.45) is 5.73 Å². The molecule has 2 aromatic rings. The number of benzene rings is 1. The van der Waals surface area contributed by atoms with Crippen LogP contribution in [0.4, 0.5) is 4.39 Å². The lowest BCUT2D eigenvalue weighted by molar-refractivity contribution is 0.175. The predicted molar refractivity (Wildman–Crippen MR) is 66.7 cm³/mol. The second-order valence-corrected chi connectivity index (χ2v) is 4.77. The summed E-state index contributed by atoms with van der Waals surface area (Å²) in [6.45, 7) is 3.92.